The van der Waals surface area contributed by atoms with Gasteiger partial charge in [-0.1, -0.05) is 13.8 Å². The van der Waals surface area contributed by atoms with E-state index < -0.39 is 0 Å². The Bertz CT molecular complexity index is 338. The van der Waals surface area contributed by atoms with Gasteiger partial charge >= 0.3 is 0 Å². The number of imidazole rings is 1. The molecule has 0 aliphatic heterocycles. The molecule has 0 aromatic carbocycles. The molecule has 84 valence electrons. The largest absolute Gasteiger partial charge is 0.331 e. The lowest BCUT2D eigenvalue weighted by atomic mass is 10.2. The summed E-state index contributed by atoms with van der Waals surface area (Å²) in [4.78, 5) is 4.20. The number of hydrogen-bond donors (Lipinski definition) is 1. The van der Waals surface area contributed by atoms with Crippen molar-refractivity contribution in [1.29, 1.82) is 0 Å². The van der Waals surface area contributed by atoms with Crippen molar-refractivity contribution in [1.82, 2.24) is 14.9 Å². The molecule has 3 nitrogen and oxygen atoms in total. The lowest BCUT2D eigenvalue weighted by Gasteiger charge is -2.12. The molecule has 1 atom stereocenters. The Morgan fingerprint density at radius 3 is 2.80 bits per heavy atom. The van der Waals surface area contributed by atoms with E-state index in [1.54, 1.807) is 0 Å². The summed E-state index contributed by atoms with van der Waals surface area (Å²) >= 11 is 0. The Morgan fingerprint density at radius 1 is 1.60 bits per heavy atom. The van der Waals surface area contributed by atoms with E-state index in [-0.39, 0.29) is 0 Å². The lowest BCUT2D eigenvalue weighted by molar-refractivity contribution is 0.512. The van der Waals surface area contributed by atoms with Crippen LogP contribution in [0, 0.1) is 5.41 Å². The van der Waals surface area contributed by atoms with Crippen LogP contribution in [-0.4, -0.2) is 15.6 Å². The van der Waals surface area contributed by atoms with Crippen LogP contribution in [0.5, 0.6) is 0 Å². The van der Waals surface area contributed by atoms with E-state index >= 15 is 0 Å². The van der Waals surface area contributed by atoms with Crippen molar-refractivity contribution >= 4 is 0 Å². The zero-order valence-electron chi connectivity index (χ0n) is 10.1. The maximum absolute atomic E-state index is 4.20. The molecule has 1 unspecified atom stereocenters. The van der Waals surface area contributed by atoms with Gasteiger partial charge in [-0.3, -0.25) is 0 Å². The summed E-state index contributed by atoms with van der Waals surface area (Å²) in [5, 5.41) is 3.58. The Kier molecular flexibility index (Phi) is 2.59. The third-order valence-corrected chi connectivity index (χ3v) is 3.35. The van der Waals surface area contributed by atoms with E-state index in [9.17, 15) is 0 Å². The molecule has 0 radical (unpaired) electrons. The molecule has 3 heteroatoms. The maximum Gasteiger partial charge on any atom is 0.0951 e. The fraction of sp³-hybridized carbons (Fsp3) is 0.750. The van der Waals surface area contributed by atoms with Crippen molar-refractivity contribution in [2.75, 3.05) is 0 Å². The van der Waals surface area contributed by atoms with Gasteiger partial charge in [0, 0.05) is 24.8 Å². The van der Waals surface area contributed by atoms with Gasteiger partial charge in [-0.2, -0.15) is 0 Å². The molecule has 0 bridgehead atoms. The van der Waals surface area contributed by atoms with Crippen molar-refractivity contribution in [3.8, 4) is 0 Å². The molecule has 0 spiro atoms. The van der Waals surface area contributed by atoms with Crippen molar-refractivity contribution in [2.24, 2.45) is 5.41 Å². The number of nitrogens with one attached hydrogen (secondary N) is 1. The first-order valence-electron chi connectivity index (χ1n) is 5.75. The first-order chi connectivity index (χ1) is 7.00. The molecule has 15 heavy (non-hydrogen) atoms. The first-order valence-corrected chi connectivity index (χ1v) is 5.75. The van der Waals surface area contributed by atoms with Gasteiger partial charge in [0.25, 0.3) is 0 Å². The Morgan fingerprint density at radius 2 is 2.27 bits per heavy atom. The highest BCUT2D eigenvalue weighted by Gasteiger charge is 2.45. The smallest absolute Gasteiger partial charge is 0.0951 e. The van der Waals surface area contributed by atoms with Gasteiger partial charge in [0.15, 0.2) is 0 Å². The highest BCUT2D eigenvalue weighted by Crippen LogP contribution is 2.44. The molecule has 1 aliphatic carbocycles. The minimum Gasteiger partial charge on any atom is -0.331 e. The Hall–Kier alpha value is -0.830. The molecule has 1 aromatic heterocycles. The topological polar surface area (TPSA) is 29.9 Å². The number of aromatic nitrogens is 2. The molecule has 0 saturated heterocycles. The lowest BCUT2D eigenvalue weighted by Crippen LogP contribution is -2.22. The molecule has 1 saturated carbocycles. The maximum atomic E-state index is 4.20. The predicted octanol–water partition coefficient (Wildman–Crippen LogP) is 2.35. The highest BCUT2D eigenvalue weighted by molar-refractivity contribution is 5.05. The molecule has 1 heterocycles. The number of hydrogen-bond acceptors (Lipinski definition) is 2. The average molecular weight is 207 g/mol. The van der Waals surface area contributed by atoms with E-state index in [1.165, 1.54) is 12.1 Å². The highest BCUT2D eigenvalue weighted by atomic mass is 15.1. The van der Waals surface area contributed by atoms with Crippen LogP contribution in [0.15, 0.2) is 12.5 Å². The van der Waals surface area contributed by atoms with Gasteiger partial charge in [-0.15, -0.1) is 0 Å². The standard InChI is InChI=1S/C12H21N3/c1-9(2)15-8-13-6-10(15)7-14-11-5-12(11,3)4/h6,8-9,11,14H,5,7H2,1-4H3. The second-order valence-electron chi connectivity index (χ2n) is 5.51. The third-order valence-electron chi connectivity index (χ3n) is 3.35. The monoisotopic (exact) mass is 207 g/mol. The van der Waals surface area contributed by atoms with Gasteiger partial charge in [0.05, 0.1) is 12.0 Å². The van der Waals surface area contributed by atoms with E-state index in [2.05, 4.69) is 42.6 Å². The van der Waals surface area contributed by atoms with Crippen LogP contribution in [0.2, 0.25) is 0 Å². The van der Waals surface area contributed by atoms with Gasteiger partial charge in [0.2, 0.25) is 0 Å². The average Bonchev–Trinajstić information content (AvgIpc) is 2.63. The second kappa shape index (κ2) is 3.63. The summed E-state index contributed by atoms with van der Waals surface area (Å²) < 4.78 is 2.22. The van der Waals surface area contributed by atoms with Crippen LogP contribution in [-0.2, 0) is 6.54 Å². The second-order valence-corrected chi connectivity index (χ2v) is 5.51. The third kappa shape index (κ3) is 2.23. The van der Waals surface area contributed by atoms with Crippen molar-refractivity contribution in [2.45, 2.75) is 52.7 Å². The predicted molar refractivity (Wildman–Crippen MR) is 61.6 cm³/mol. The molecule has 2 rings (SSSR count). The fourth-order valence-electron chi connectivity index (χ4n) is 1.98. The molecular weight excluding hydrogens is 186 g/mol. The van der Waals surface area contributed by atoms with Gasteiger partial charge in [-0.05, 0) is 25.7 Å². The summed E-state index contributed by atoms with van der Waals surface area (Å²) in [6.07, 6.45) is 5.17. The summed E-state index contributed by atoms with van der Waals surface area (Å²) in [7, 11) is 0. The fourth-order valence-corrected chi connectivity index (χ4v) is 1.98. The van der Waals surface area contributed by atoms with Crippen molar-refractivity contribution in [3.63, 3.8) is 0 Å². The van der Waals surface area contributed by atoms with Gasteiger partial charge in [0.1, 0.15) is 0 Å². The van der Waals surface area contributed by atoms with Gasteiger partial charge in [-0.25, -0.2) is 4.98 Å². The molecule has 1 aromatic rings. The van der Waals surface area contributed by atoms with Crippen LogP contribution in [0.3, 0.4) is 0 Å². The van der Waals surface area contributed by atoms with Crippen LogP contribution in [0.4, 0.5) is 0 Å². The van der Waals surface area contributed by atoms with Crippen LogP contribution in [0.1, 0.15) is 45.9 Å². The minimum atomic E-state index is 0.497. The molecule has 1 N–H and O–H groups in total. The van der Waals surface area contributed by atoms with E-state index in [0.29, 0.717) is 17.5 Å². The normalized spacial score (nSPS) is 23.4. The van der Waals surface area contributed by atoms with E-state index in [0.717, 1.165) is 6.54 Å². The minimum absolute atomic E-state index is 0.497. The van der Waals surface area contributed by atoms with Crippen molar-refractivity contribution in [3.05, 3.63) is 18.2 Å². The van der Waals surface area contributed by atoms with Crippen molar-refractivity contribution < 1.29 is 0 Å². The van der Waals surface area contributed by atoms with Gasteiger partial charge < -0.3 is 9.88 Å². The zero-order chi connectivity index (χ0) is 11.1. The molecule has 1 fully saturated rings. The zero-order valence-corrected chi connectivity index (χ0v) is 10.1. The summed E-state index contributed by atoms with van der Waals surface area (Å²) in [5.41, 5.74) is 1.79. The summed E-state index contributed by atoms with van der Waals surface area (Å²) in [5.74, 6) is 0. The summed E-state index contributed by atoms with van der Waals surface area (Å²) in [6.45, 7) is 9.93. The Balaban J connectivity index is 1.91. The van der Waals surface area contributed by atoms with Crippen LogP contribution >= 0.6 is 0 Å². The number of nitrogens with zero attached hydrogens (tertiary/aromatic N) is 2. The first kappa shape index (κ1) is 10.7. The SMILES string of the molecule is CC(C)n1cncc1CNC1CC1(C)C. The van der Waals surface area contributed by atoms with Crippen LogP contribution < -0.4 is 5.32 Å². The molecule has 0 amide bonds. The Labute approximate surface area is 91.9 Å². The molecule has 1 aliphatic rings. The molecular formula is C12H21N3. The van der Waals surface area contributed by atoms with E-state index in [1.807, 2.05) is 12.5 Å². The summed E-state index contributed by atoms with van der Waals surface area (Å²) in [6, 6.07) is 1.18. The van der Waals surface area contributed by atoms with E-state index in [4.69, 9.17) is 0 Å². The number of rotatable bonds is 4. The quantitative estimate of drug-likeness (QED) is 0.821. The van der Waals surface area contributed by atoms with Crippen LogP contribution in [0.25, 0.3) is 0 Å².